The Hall–Kier alpha value is -0.330. The molecule has 0 N–H and O–H groups in total. The van der Waals surface area contributed by atoms with Gasteiger partial charge in [0.05, 0.1) is 0 Å². The zero-order valence-electron chi connectivity index (χ0n) is 16.3. The molecule has 0 amide bonds. The van der Waals surface area contributed by atoms with Crippen LogP contribution in [0.1, 0.15) is 112 Å². The molecule has 0 saturated carbocycles. The van der Waals surface area contributed by atoms with E-state index >= 15 is 0 Å². The molecule has 0 saturated heterocycles. The second-order valence-electron chi connectivity index (χ2n) is 7.97. The quantitative estimate of drug-likeness (QED) is 0.310. The molecular formula is C21H42O. The Morgan fingerprint density at radius 3 is 1.86 bits per heavy atom. The first-order valence-corrected chi connectivity index (χ1v) is 9.89. The van der Waals surface area contributed by atoms with E-state index < -0.39 is 0 Å². The van der Waals surface area contributed by atoms with Crippen molar-refractivity contribution < 1.29 is 4.79 Å². The minimum Gasteiger partial charge on any atom is -0.299 e. The Bertz CT molecular complexity index is 282. The lowest BCUT2D eigenvalue weighted by molar-refractivity contribution is -0.130. The van der Waals surface area contributed by atoms with Gasteiger partial charge in [-0.1, -0.05) is 86.0 Å². The molecular weight excluding hydrogens is 268 g/mol. The lowest BCUT2D eigenvalue weighted by Gasteiger charge is -2.37. The minimum atomic E-state index is -0.104. The molecule has 2 atom stereocenters. The summed E-state index contributed by atoms with van der Waals surface area (Å²) in [4.78, 5) is 12.4. The maximum Gasteiger partial charge on any atom is 0.135 e. The highest BCUT2D eigenvalue weighted by Gasteiger charge is 2.38. The SMILES string of the molecule is CCCCCCCCC(CCCC)C(C)(CC(C)C)C(C)=O. The second kappa shape index (κ2) is 12.1. The molecule has 0 aliphatic carbocycles. The van der Waals surface area contributed by atoms with Crippen LogP contribution in [0.3, 0.4) is 0 Å². The van der Waals surface area contributed by atoms with E-state index in [4.69, 9.17) is 0 Å². The summed E-state index contributed by atoms with van der Waals surface area (Å²) >= 11 is 0. The topological polar surface area (TPSA) is 17.1 Å². The molecule has 0 fully saturated rings. The van der Waals surface area contributed by atoms with Gasteiger partial charge in [0.25, 0.3) is 0 Å². The lowest BCUT2D eigenvalue weighted by Crippen LogP contribution is -2.36. The van der Waals surface area contributed by atoms with E-state index in [1.165, 1.54) is 64.2 Å². The number of unbranched alkanes of at least 4 members (excludes halogenated alkanes) is 6. The third kappa shape index (κ3) is 8.34. The van der Waals surface area contributed by atoms with Crippen molar-refractivity contribution in [3.63, 3.8) is 0 Å². The van der Waals surface area contributed by atoms with Crippen molar-refractivity contribution in [1.82, 2.24) is 0 Å². The first-order valence-electron chi connectivity index (χ1n) is 9.89. The predicted molar refractivity (Wildman–Crippen MR) is 99.3 cm³/mol. The van der Waals surface area contributed by atoms with E-state index in [1.807, 2.05) is 6.92 Å². The van der Waals surface area contributed by atoms with Crippen LogP contribution in [0.15, 0.2) is 0 Å². The van der Waals surface area contributed by atoms with Crippen LogP contribution >= 0.6 is 0 Å². The number of ketones is 1. The Morgan fingerprint density at radius 2 is 1.36 bits per heavy atom. The smallest absolute Gasteiger partial charge is 0.135 e. The fraction of sp³-hybridized carbons (Fsp3) is 0.952. The van der Waals surface area contributed by atoms with Crippen LogP contribution in [0.5, 0.6) is 0 Å². The number of rotatable bonds is 14. The van der Waals surface area contributed by atoms with E-state index in [9.17, 15) is 4.79 Å². The van der Waals surface area contributed by atoms with Gasteiger partial charge in [-0.3, -0.25) is 4.79 Å². The molecule has 0 aliphatic heterocycles. The summed E-state index contributed by atoms with van der Waals surface area (Å²) in [6.07, 6.45) is 14.1. The molecule has 0 spiro atoms. The number of carbonyl (C=O) groups is 1. The minimum absolute atomic E-state index is 0.104. The first kappa shape index (κ1) is 21.7. The predicted octanol–water partition coefficient (Wildman–Crippen LogP) is 7.18. The van der Waals surface area contributed by atoms with Gasteiger partial charge >= 0.3 is 0 Å². The molecule has 0 heterocycles. The van der Waals surface area contributed by atoms with Crippen LogP contribution in [-0.4, -0.2) is 5.78 Å². The highest BCUT2D eigenvalue weighted by Crippen LogP contribution is 2.41. The fourth-order valence-corrected chi connectivity index (χ4v) is 3.85. The van der Waals surface area contributed by atoms with E-state index in [0.717, 1.165) is 6.42 Å². The van der Waals surface area contributed by atoms with Crippen LogP contribution in [0, 0.1) is 17.3 Å². The normalized spacial score (nSPS) is 15.8. The number of hydrogen-bond acceptors (Lipinski definition) is 1. The Balaban J connectivity index is 4.59. The van der Waals surface area contributed by atoms with Crippen LogP contribution in [0.4, 0.5) is 0 Å². The van der Waals surface area contributed by atoms with Crippen molar-refractivity contribution >= 4 is 5.78 Å². The Morgan fingerprint density at radius 1 is 0.864 bits per heavy atom. The third-order valence-electron chi connectivity index (χ3n) is 5.35. The summed E-state index contributed by atoms with van der Waals surface area (Å²) < 4.78 is 0. The van der Waals surface area contributed by atoms with Gasteiger partial charge in [0.15, 0.2) is 0 Å². The highest BCUT2D eigenvalue weighted by molar-refractivity contribution is 5.82. The zero-order chi connectivity index (χ0) is 17.0. The van der Waals surface area contributed by atoms with Crippen molar-refractivity contribution in [3.05, 3.63) is 0 Å². The van der Waals surface area contributed by atoms with Crippen molar-refractivity contribution in [3.8, 4) is 0 Å². The van der Waals surface area contributed by atoms with Gasteiger partial charge in [-0.05, 0) is 38.0 Å². The average Bonchev–Trinajstić information content (AvgIpc) is 2.44. The standard InChI is InChI=1S/C21H42O/c1-7-9-11-12-13-14-16-20(15-10-8-2)21(6,19(5)22)17-18(3)4/h18,20H,7-17H2,1-6H3. The van der Waals surface area contributed by atoms with Crippen LogP contribution in [0.2, 0.25) is 0 Å². The van der Waals surface area contributed by atoms with Gasteiger partial charge in [0, 0.05) is 5.41 Å². The summed E-state index contributed by atoms with van der Waals surface area (Å²) in [5, 5.41) is 0. The van der Waals surface area contributed by atoms with E-state index in [-0.39, 0.29) is 5.41 Å². The van der Waals surface area contributed by atoms with Crippen LogP contribution in [-0.2, 0) is 4.79 Å². The van der Waals surface area contributed by atoms with Crippen LogP contribution in [0.25, 0.3) is 0 Å². The zero-order valence-corrected chi connectivity index (χ0v) is 16.3. The molecule has 0 aromatic rings. The van der Waals surface area contributed by atoms with Crippen LogP contribution < -0.4 is 0 Å². The molecule has 0 radical (unpaired) electrons. The molecule has 0 bridgehead atoms. The highest BCUT2D eigenvalue weighted by atomic mass is 16.1. The molecule has 1 nitrogen and oxygen atoms in total. The van der Waals surface area contributed by atoms with Crippen molar-refractivity contribution in [2.45, 2.75) is 112 Å². The number of Topliss-reactive ketones (excluding diaryl/α,β-unsaturated/α-hetero) is 1. The van der Waals surface area contributed by atoms with Gasteiger partial charge in [-0.15, -0.1) is 0 Å². The maximum absolute atomic E-state index is 12.4. The van der Waals surface area contributed by atoms with E-state index in [0.29, 0.717) is 17.6 Å². The molecule has 132 valence electrons. The molecule has 22 heavy (non-hydrogen) atoms. The molecule has 0 aromatic carbocycles. The monoisotopic (exact) mass is 310 g/mol. The van der Waals surface area contributed by atoms with Crippen molar-refractivity contribution in [2.75, 3.05) is 0 Å². The largest absolute Gasteiger partial charge is 0.299 e. The van der Waals surface area contributed by atoms with Gasteiger partial charge in [-0.2, -0.15) is 0 Å². The van der Waals surface area contributed by atoms with E-state index in [1.54, 1.807) is 0 Å². The summed E-state index contributed by atoms with van der Waals surface area (Å²) in [6, 6.07) is 0. The summed E-state index contributed by atoms with van der Waals surface area (Å²) in [5.74, 6) is 1.59. The molecule has 0 aromatic heterocycles. The molecule has 0 aliphatic rings. The van der Waals surface area contributed by atoms with Gasteiger partial charge in [0.2, 0.25) is 0 Å². The fourth-order valence-electron chi connectivity index (χ4n) is 3.85. The van der Waals surface area contributed by atoms with Gasteiger partial charge in [-0.25, -0.2) is 0 Å². The van der Waals surface area contributed by atoms with E-state index in [2.05, 4.69) is 34.6 Å². The third-order valence-corrected chi connectivity index (χ3v) is 5.35. The number of hydrogen-bond donors (Lipinski definition) is 0. The first-order chi connectivity index (χ1) is 10.4. The second-order valence-corrected chi connectivity index (χ2v) is 7.97. The lowest BCUT2D eigenvalue weighted by atomic mass is 9.66. The van der Waals surface area contributed by atoms with Crippen molar-refractivity contribution in [1.29, 1.82) is 0 Å². The Labute approximate surface area is 140 Å². The van der Waals surface area contributed by atoms with Gasteiger partial charge < -0.3 is 0 Å². The molecule has 1 heteroatoms. The molecule has 2 unspecified atom stereocenters. The maximum atomic E-state index is 12.4. The van der Waals surface area contributed by atoms with Gasteiger partial charge in [0.1, 0.15) is 5.78 Å². The Kier molecular flexibility index (Phi) is 12.0. The summed E-state index contributed by atoms with van der Waals surface area (Å²) in [7, 11) is 0. The summed E-state index contributed by atoms with van der Waals surface area (Å²) in [6.45, 7) is 13.1. The molecule has 0 rings (SSSR count). The average molecular weight is 311 g/mol. The number of carbonyl (C=O) groups excluding carboxylic acids is 1. The van der Waals surface area contributed by atoms with Crippen molar-refractivity contribution in [2.24, 2.45) is 17.3 Å². The summed E-state index contributed by atoms with van der Waals surface area (Å²) in [5.41, 5.74) is -0.104.